The second-order valence-electron chi connectivity index (χ2n) is 6.72. The summed E-state index contributed by atoms with van der Waals surface area (Å²) in [4.78, 5) is 14.4. The van der Waals surface area contributed by atoms with Crippen LogP contribution in [0.1, 0.15) is 37.3 Å². The smallest absolute Gasteiger partial charge is 0.210 e. The molecule has 2 aromatic rings. The van der Waals surface area contributed by atoms with Crippen LogP contribution in [0.25, 0.3) is 10.6 Å². The molecule has 0 aromatic carbocycles. The molecule has 148 valence electrons. The number of thiazole rings is 1. The van der Waals surface area contributed by atoms with E-state index < -0.39 is 0 Å². The van der Waals surface area contributed by atoms with Gasteiger partial charge in [0.25, 0.3) is 0 Å². The largest absolute Gasteiger partial charge is 0.477 e. The van der Waals surface area contributed by atoms with Crippen molar-refractivity contribution in [1.82, 2.24) is 9.97 Å². The third-order valence-electron chi connectivity index (χ3n) is 4.18. The number of rotatable bonds is 7. The number of aromatic nitrogens is 2. The van der Waals surface area contributed by atoms with Crippen LogP contribution in [-0.4, -0.2) is 35.5 Å². The van der Waals surface area contributed by atoms with Gasteiger partial charge in [-0.1, -0.05) is 6.08 Å². The van der Waals surface area contributed by atoms with E-state index in [1.54, 1.807) is 17.5 Å². The summed E-state index contributed by atoms with van der Waals surface area (Å²) in [7, 11) is 0. The van der Waals surface area contributed by atoms with Crippen LogP contribution in [-0.2, 0) is 9.47 Å². The summed E-state index contributed by atoms with van der Waals surface area (Å²) in [6, 6.07) is 3.91. The highest BCUT2D eigenvalue weighted by atomic mass is 32.1. The number of allylic oxidation sites excluding steroid dienone is 1. The fraction of sp³-hybridized carbons (Fsp3) is 0.381. The van der Waals surface area contributed by atoms with Crippen LogP contribution in [0.5, 0.6) is 0 Å². The summed E-state index contributed by atoms with van der Waals surface area (Å²) in [5, 5.41) is 0.926. The Balaban J connectivity index is 1.77. The number of nitrogens with two attached hydrogens (primary N) is 1. The van der Waals surface area contributed by atoms with Crippen molar-refractivity contribution in [3.63, 3.8) is 0 Å². The molecule has 3 rings (SSSR count). The summed E-state index contributed by atoms with van der Waals surface area (Å²) in [5.41, 5.74) is 9.80. The molecule has 6 nitrogen and oxygen atoms in total. The Labute approximate surface area is 169 Å². The maximum atomic E-state index is 6.07. The average Bonchev–Trinajstić information content (AvgIpc) is 3.06. The van der Waals surface area contributed by atoms with Gasteiger partial charge in [-0.05, 0) is 44.9 Å². The molecular weight excluding hydrogens is 372 g/mol. The molecule has 2 N–H and O–H groups in total. The van der Waals surface area contributed by atoms with Crippen LogP contribution in [0.3, 0.4) is 0 Å². The van der Waals surface area contributed by atoms with Gasteiger partial charge >= 0.3 is 0 Å². The predicted octanol–water partition coefficient (Wildman–Crippen LogP) is 4.22. The fourth-order valence-electron chi connectivity index (χ4n) is 2.76. The number of hydrogen-bond acceptors (Lipinski definition) is 7. The Morgan fingerprint density at radius 2 is 2.29 bits per heavy atom. The quantitative estimate of drug-likeness (QED) is 0.558. The number of ether oxygens (including phenoxy) is 2. The molecule has 0 saturated carbocycles. The topological polar surface area (TPSA) is 82.6 Å². The van der Waals surface area contributed by atoms with E-state index in [2.05, 4.69) is 21.0 Å². The Bertz CT molecular complexity index is 885. The molecule has 28 heavy (non-hydrogen) atoms. The third kappa shape index (κ3) is 5.27. The molecule has 0 atom stereocenters. The lowest BCUT2D eigenvalue weighted by Gasteiger charge is -2.18. The lowest BCUT2D eigenvalue weighted by atomic mass is 10.1. The van der Waals surface area contributed by atoms with Crippen molar-refractivity contribution in [2.45, 2.75) is 39.7 Å². The Hall–Kier alpha value is -2.51. The van der Waals surface area contributed by atoms with Crippen LogP contribution in [0, 0.1) is 6.92 Å². The molecule has 0 fully saturated rings. The first-order valence-corrected chi connectivity index (χ1v) is 10.2. The number of aryl methyl sites for hydroxylation is 1. The lowest BCUT2D eigenvalue weighted by Crippen LogP contribution is -2.15. The first kappa shape index (κ1) is 20.2. The summed E-state index contributed by atoms with van der Waals surface area (Å²) in [5.74, 6) is 0.369. The molecule has 0 aliphatic carbocycles. The highest BCUT2D eigenvalue weighted by Crippen LogP contribution is 2.28. The monoisotopic (exact) mass is 398 g/mol. The van der Waals surface area contributed by atoms with E-state index in [9.17, 15) is 0 Å². The zero-order valence-electron chi connectivity index (χ0n) is 16.5. The Morgan fingerprint density at radius 3 is 3.04 bits per heavy atom. The molecule has 0 unspecified atom stereocenters. The lowest BCUT2D eigenvalue weighted by molar-refractivity contribution is 0.0824. The zero-order chi connectivity index (χ0) is 19.9. The van der Waals surface area contributed by atoms with E-state index in [4.69, 9.17) is 15.2 Å². The number of nitrogens with zero attached hydrogens (tertiary/aromatic N) is 3. The molecule has 0 amide bonds. The molecule has 2 aromatic heterocycles. The van der Waals surface area contributed by atoms with Crippen LogP contribution in [0.2, 0.25) is 0 Å². The van der Waals surface area contributed by atoms with Gasteiger partial charge in [0.15, 0.2) is 0 Å². The first-order chi connectivity index (χ1) is 13.5. The summed E-state index contributed by atoms with van der Waals surface area (Å²) < 4.78 is 11.1. The molecule has 0 radical (unpaired) electrons. The SMILES string of the molecule is Cc1nc(-c2cccnc2)sc1C=NC1=C(N)OCC/C1=C\CCOC(C)C. The zero-order valence-corrected chi connectivity index (χ0v) is 17.3. The second kappa shape index (κ2) is 9.61. The number of hydrogen-bond donors (Lipinski definition) is 1. The molecule has 1 aliphatic heterocycles. The van der Waals surface area contributed by atoms with Gasteiger partial charge in [-0.15, -0.1) is 11.3 Å². The highest BCUT2D eigenvalue weighted by Gasteiger charge is 2.16. The molecule has 3 heterocycles. The number of aliphatic imine (C=N–C) groups is 1. The summed E-state index contributed by atoms with van der Waals surface area (Å²) in [6.07, 6.45) is 9.38. The summed E-state index contributed by atoms with van der Waals surface area (Å²) in [6.45, 7) is 7.30. The van der Waals surface area contributed by atoms with Crippen LogP contribution >= 0.6 is 11.3 Å². The minimum atomic E-state index is 0.231. The van der Waals surface area contributed by atoms with Crippen molar-refractivity contribution in [1.29, 1.82) is 0 Å². The Kier molecular flexibility index (Phi) is 6.95. The van der Waals surface area contributed by atoms with Gasteiger partial charge in [-0.25, -0.2) is 9.98 Å². The van der Waals surface area contributed by atoms with Crippen LogP contribution in [0.15, 0.2) is 52.7 Å². The average molecular weight is 399 g/mol. The minimum Gasteiger partial charge on any atom is -0.477 e. The molecule has 7 heteroatoms. The van der Waals surface area contributed by atoms with E-state index >= 15 is 0 Å². The van der Waals surface area contributed by atoms with Crippen molar-refractivity contribution in [2.75, 3.05) is 13.2 Å². The maximum Gasteiger partial charge on any atom is 0.210 e. The molecule has 0 spiro atoms. The van der Waals surface area contributed by atoms with Gasteiger partial charge in [0.2, 0.25) is 5.88 Å². The highest BCUT2D eigenvalue weighted by molar-refractivity contribution is 7.16. The fourth-order valence-corrected chi connectivity index (χ4v) is 3.69. The third-order valence-corrected chi connectivity index (χ3v) is 5.32. The molecule has 0 bridgehead atoms. The van der Waals surface area contributed by atoms with E-state index in [0.717, 1.165) is 39.6 Å². The maximum absolute atomic E-state index is 6.07. The standard InChI is InChI=1S/C21H26N4O2S/c1-14(2)26-10-5-7-16-8-11-27-20(22)19(16)24-13-18-15(3)25-21(28-18)17-6-4-9-23-12-17/h4,6-7,9,12-14H,5,8,10-11,22H2,1-3H3/b16-7+,24-13?. The van der Waals surface area contributed by atoms with Crippen molar-refractivity contribution < 1.29 is 9.47 Å². The van der Waals surface area contributed by atoms with Crippen molar-refractivity contribution in [2.24, 2.45) is 10.7 Å². The van der Waals surface area contributed by atoms with Crippen LogP contribution in [0.4, 0.5) is 0 Å². The first-order valence-electron chi connectivity index (χ1n) is 9.40. The minimum absolute atomic E-state index is 0.231. The number of pyridine rings is 1. The molecule has 1 aliphatic rings. The van der Waals surface area contributed by atoms with Crippen LogP contribution < -0.4 is 5.73 Å². The van der Waals surface area contributed by atoms with Gasteiger partial charge in [0, 0.05) is 30.6 Å². The van der Waals surface area contributed by atoms with E-state index in [-0.39, 0.29) is 6.10 Å². The van der Waals surface area contributed by atoms with Crippen molar-refractivity contribution in [3.8, 4) is 10.6 Å². The summed E-state index contributed by atoms with van der Waals surface area (Å²) >= 11 is 1.58. The van der Waals surface area contributed by atoms with Crippen molar-refractivity contribution in [3.05, 3.63) is 58.3 Å². The normalized spacial score (nSPS) is 16.4. The van der Waals surface area contributed by atoms with Gasteiger partial charge in [0.1, 0.15) is 10.7 Å². The van der Waals surface area contributed by atoms with Gasteiger partial charge < -0.3 is 15.2 Å². The molecule has 0 saturated heterocycles. The van der Waals surface area contributed by atoms with Gasteiger partial charge in [0.05, 0.1) is 29.9 Å². The second-order valence-corrected chi connectivity index (χ2v) is 7.75. The van der Waals surface area contributed by atoms with Gasteiger partial charge in [-0.2, -0.15) is 0 Å². The van der Waals surface area contributed by atoms with E-state index in [0.29, 0.717) is 24.8 Å². The van der Waals surface area contributed by atoms with Crippen molar-refractivity contribution >= 4 is 17.6 Å². The molecular formula is C21H26N4O2S. The van der Waals surface area contributed by atoms with E-state index in [1.165, 1.54) is 0 Å². The van der Waals surface area contributed by atoms with E-state index in [1.807, 2.05) is 45.3 Å². The Morgan fingerprint density at radius 1 is 1.43 bits per heavy atom. The van der Waals surface area contributed by atoms with Gasteiger partial charge in [-0.3, -0.25) is 4.98 Å². The predicted molar refractivity (Wildman–Crippen MR) is 113 cm³/mol.